The van der Waals surface area contributed by atoms with Crippen molar-refractivity contribution >= 4 is 21.9 Å². The van der Waals surface area contributed by atoms with Gasteiger partial charge in [0, 0.05) is 28.6 Å². The number of benzene rings is 1. The van der Waals surface area contributed by atoms with Gasteiger partial charge in [-0.05, 0) is 31.5 Å². The molecule has 0 aliphatic rings. The van der Waals surface area contributed by atoms with Crippen LogP contribution in [-0.2, 0) is 7.05 Å². The van der Waals surface area contributed by atoms with Crippen LogP contribution in [0.2, 0.25) is 0 Å². The molecule has 3 aromatic heterocycles. The van der Waals surface area contributed by atoms with Crippen molar-refractivity contribution < 1.29 is 8.98 Å². The summed E-state index contributed by atoms with van der Waals surface area (Å²) in [5.74, 6) is 0. The van der Waals surface area contributed by atoms with Crippen molar-refractivity contribution in [2.45, 2.75) is 13.8 Å². The number of hydrogen-bond acceptors (Lipinski definition) is 2. The van der Waals surface area contributed by atoms with Crippen LogP contribution in [0.3, 0.4) is 0 Å². The molecule has 0 saturated heterocycles. The highest BCUT2D eigenvalue weighted by Gasteiger charge is 2.19. The highest BCUT2D eigenvalue weighted by molar-refractivity contribution is 6.09. The average Bonchev–Trinajstić information content (AvgIpc) is 2.86. The predicted molar refractivity (Wildman–Crippen MR) is 87.6 cm³/mol. The summed E-state index contributed by atoms with van der Waals surface area (Å²) in [5.41, 5.74) is 6.28. The number of aryl methyl sites for hydroxylation is 3. The largest absolute Gasteiger partial charge is 0.454 e. The molecular formula is C19H17N2O+. The quantitative estimate of drug-likeness (QED) is 0.494. The van der Waals surface area contributed by atoms with E-state index in [1.807, 2.05) is 19.2 Å². The highest BCUT2D eigenvalue weighted by atomic mass is 16.3. The van der Waals surface area contributed by atoms with Crippen LogP contribution in [0, 0.1) is 13.8 Å². The van der Waals surface area contributed by atoms with Crippen molar-refractivity contribution in [2.24, 2.45) is 7.05 Å². The first-order chi connectivity index (χ1) is 10.6. The van der Waals surface area contributed by atoms with Gasteiger partial charge in [0.15, 0.2) is 11.8 Å². The minimum atomic E-state index is 0.839. The summed E-state index contributed by atoms with van der Waals surface area (Å²) in [6, 6.07) is 12.6. The molecule has 3 heterocycles. The van der Waals surface area contributed by atoms with E-state index in [2.05, 4.69) is 60.1 Å². The molecule has 0 fully saturated rings. The Morgan fingerprint density at radius 3 is 2.73 bits per heavy atom. The third-order valence-electron chi connectivity index (χ3n) is 4.18. The molecule has 3 nitrogen and oxygen atoms in total. The number of pyridine rings is 2. The van der Waals surface area contributed by atoms with E-state index < -0.39 is 0 Å². The van der Waals surface area contributed by atoms with Crippen LogP contribution in [0.15, 0.2) is 53.2 Å². The smallest absolute Gasteiger partial charge is 0.216 e. The Hall–Kier alpha value is -2.68. The van der Waals surface area contributed by atoms with Crippen molar-refractivity contribution in [3.05, 3.63) is 60.0 Å². The van der Waals surface area contributed by atoms with Crippen LogP contribution >= 0.6 is 0 Å². The average molecular weight is 289 g/mol. The Morgan fingerprint density at radius 1 is 1.05 bits per heavy atom. The van der Waals surface area contributed by atoms with Gasteiger partial charge in [-0.15, -0.1) is 0 Å². The van der Waals surface area contributed by atoms with E-state index in [-0.39, 0.29) is 0 Å². The van der Waals surface area contributed by atoms with Crippen LogP contribution in [0.5, 0.6) is 0 Å². The van der Waals surface area contributed by atoms with Gasteiger partial charge in [-0.2, -0.15) is 0 Å². The Balaban J connectivity index is 2.16. The Labute approximate surface area is 128 Å². The molecule has 4 aromatic rings. The van der Waals surface area contributed by atoms with E-state index in [1.54, 1.807) is 0 Å². The molecule has 3 heteroatoms. The van der Waals surface area contributed by atoms with Crippen molar-refractivity contribution in [3.63, 3.8) is 0 Å². The lowest BCUT2D eigenvalue weighted by Gasteiger charge is -2.04. The molecule has 0 unspecified atom stereocenters. The van der Waals surface area contributed by atoms with Gasteiger partial charge in [-0.3, -0.25) is 4.98 Å². The van der Waals surface area contributed by atoms with Gasteiger partial charge in [0.1, 0.15) is 12.6 Å². The fourth-order valence-corrected chi connectivity index (χ4v) is 3.05. The summed E-state index contributed by atoms with van der Waals surface area (Å²) in [7, 11) is 2.06. The van der Waals surface area contributed by atoms with E-state index >= 15 is 0 Å². The maximum atomic E-state index is 6.15. The third kappa shape index (κ3) is 1.82. The van der Waals surface area contributed by atoms with Crippen molar-refractivity contribution in [2.75, 3.05) is 0 Å². The highest BCUT2D eigenvalue weighted by Crippen LogP contribution is 2.36. The summed E-state index contributed by atoms with van der Waals surface area (Å²) >= 11 is 0. The fraction of sp³-hybridized carbons (Fsp3) is 0.158. The van der Waals surface area contributed by atoms with Gasteiger partial charge >= 0.3 is 0 Å². The van der Waals surface area contributed by atoms with Gasteiger partial charge in [0.25, 0.3) is 0 Å². The second-order valence-electron chi connectivity index (χ2n) is 5.75. The summed E-state index contributed by atoms with van der Waals surface area (Å²) in [5, 5.41) is 2.27. The molecule has 0 aliphatic heterocycles. The third-order valence-corrected chi connectivity index (χ3v) is 4.18. The number of rotatable bonds is 1. The first-order valence-corrected chi connectivity index (χ1v) is 7.38. The maximum absolute atomic E-state index is 6.15. The number of fused-ring (bicyclic) bond motifs is 3. The van der Waals surface area contributed by atoms with Gasteiger partial charge in [-0.25, -0.2) is 4.57 Å². The van der Waals surface area contributed by atoms with Gasteiger partial charge < -0.3 is 4.42 Å². The van der Waals surface area contributed by atoms with E-state index in [0.29, 0.717) is 0 Å². The van der Waals surface area contributed by atoms with Gasteiger partial charge in [0.2, 0.25) is 5.69 Å². The molecule has 22 heavy (non-hydrogen) atoms. The molecular weight excluding hydrogens is 272 g/mol. The van der Waals surface area contributed by atoms with Crippen LogP contribution in [0.4, 0.5) is 0 Å². The van der Waals surface area contributed by atoms with Crippen molar-refractivity contribution in [3.8, 4) is 11.3 Å². The van der Waals surface area contributed by atoms with Crippen LogP contribution in [0.25, 0.3) is 33.2 Å². The predicted octanol–water partition coefficient (Wildman–Crippen LogP) is 4.09. The van der Waals surface area contributed by atoms with Gasteiger partial charge in [-0.1, -0.05) is 12.1 Å². The Morgan fingerprint density at radius 2 is 1.91 bits per heavy atom. The SMILES string of the molecule is Cc1cc2c(cn1)oc1c(-c3cccc[n+]3C)c(C)ccc12. The zero-order valence-electron chi connectivity index (χ0n) is 12.9. The molecule has 1 aromatic carbocycles. The Kier molecular flexibility index (Phi) is 2.76. The van der Waals surface area contributed by atoms with Gasteiger partial charge in [0.05, 0.1) is 11.8 Å². The van der Waals surface area contributed by atoms with Crippen LogP contribution in [0.1, 0.15) is 11.3 Å². The van der Waals surface area contributed by atoms with Crippen LogP contribution < -0.4 is 4.57 Å². The van der Waals surface area contributed by atoms with E-state index in [4.69, 9.17) is 4.42 Å². The normalized spacial score (nSPS) is 11.4. The second kappa shape index (κ2) is 4.67. The summed E-state index contributed by atoms with van der Waals surface area (Å²) in [6.07, 6.45) is 3.87. The molecule has 0 bridgehead atoms. The van der Waals surface area contributed by atoms with E-state index in [1.165, 1.54) is 5.56 Å². The summed E-state index contributed by atoms with van der Waals surface area (Å²) in [6.45, 7) is 4.13. The molecule has 0 radical (unpaired) electrons. The number of furan rings is 1. The monoisotopic (exact) mass is 289 g/mol. The van der Waals surface area contributed by atoms with Crippen molar-refractivity contribution in [1.29, 1.82) is 0 Å². The molecule has 4 rings (SSSR count). The van der Waals surface area contributed by atoms with Crippen molar-refractivity contribution in [1.82, 2.24) is 4.98 Å². The topological polar surface area (TPSA) is 29.9 Å². The second-order valence-corrected chi connectivity index (χ2v) is 5.75. The molecule has 0 N–H and O–H groups in total. The zero-order chi connectivity index (χ0) is 15.3. The van der Waals surface area contributed by atoms with E-state index in [0.717, 1.165) is 38.9 Å². The lowest BCUT2D eigenvalue weighted by atomic mass is 10.0. The minimum absolute atomic E-state index is 0.839. The molecule has 0 atom stereocenters. The molecule has 0 spiro atoms. The number of nitrogens with zero attached hydrogens (tertiary/aromatic N) is 2. The summed E-state index contributed by atoms with van der Waals surface area (Å²) < 4.78 is 8.28. The lowest BCUT2D eigenvalue weighted by molar-refractivity contribution is -0.660. The zero-order valence-corrected chi connectivity index (χ0v) is 12.9. The summed E-state index contributed by atoms with van der Waals surface area (Å²) in [4.78, 5) is 4.35. The molecule has 0 amide bonds. The molecule has 108 valence electrons. The first kappa shape index (κ1) is 13.0. The molecule has 0 aliphatic carbocycles. The number of aromatic nitrogens is 2. The standard InChI is InChI=1S/C19H17N2O/c1-12-7-8-14-15-10-13(2)20-11-17(15)22-19(14)18(12)16-6-4-5-9-21(16)3/h4-11H,1-3H3/q+1. The first-order valence-electron chi connectivity index (χ1n) is 7.38. The van der Waals surface area contributed by atoms with E-state index in [9.17, 15) is 0 Å². The minimum Gasteiger partial charge on any atom is -0.454 e. The maximum Gasteiger partial charge on any atom is 0.216 e. The number of hydrogen-bond donors (Lipinski definition) is 0. The molecule has 0 saturated carbocycles. The van der Waals surface area contributed by atoms with Crippen LogP contribution in [-0.4, -0.2) is 4.98 Å². The Bertz CT molecular complexity index is 1010. The lowest BCUT2D eigenvalue weighted by Crippen LogP contribution is -2.30. The fourth-order valence-electron chi connectivity index (χ4n) is 3.05.